The van der Waals surface area contributed by atoms with Gasteiger partial charge in [0.05, 0.1) is 5.69 Å². The number of amides is 1. The normalized spacial score (nSPS) is 19.8. The van der Waals surface area contributed by atoms with Gasteiger partial charge in [-0.1, -0.05) is 12.1 Å². The SMILES string of the molecule is C=CC1CC(=O)N(c2c(C)cc(C)cc2Br)C1. The maximum absolute atomic E-state index is 12.0. The third-order valence-corrected chi connectivity index (χ3v) is 3.76. The zero-order valence-electron chi connectivity index (χ0n) is 10.2. The molecule has 1 atom stereocenters. The minimum absolute atomic E-state index is 0.183. The zero-order chi connectivity index (χ0) is 12.6. The maximum atomic E-state index is 12.0. The largest absolute Gasteiger partial charge is 0.310 e. The van der Waals surface area contributed by atoms with Crippen LogP contribution in [0.4, 0.5) is 5.69 Å². The summed E-state index contributed by atoms with van der Waals surface area (Å²) >= 11 is 3.56. The van der Waals surface area contributed by atoms with E-state index in [1.807, 2.05) is 17.9 Å². The van der Waals surface area contributed by atoms with Crippen molar-refractivity contribution in [2.75, 3.05) is 11.4 Å². The molecule has 2 nitrogen and oxygen atoms in total. The van der Waals surface area contributed by atoms with E-state index in [1.165, 1.54) is 5.56 Å². The van der Waals surface area contributed by atoms with Crippen molar-refractivity contribution in [3.8, 4) is 0 Å². The van der Waals surface area contributed by atoms with E-state index in [9.17, 15) is 4.79 Å². The van der Waals surface area contributed by atoms with Crippen LogP contribution < -0.4 is 4.90 Å². The van der Waals surface area contributed by atoms with Crippen molar-refractivity contribution < 1.29 is 4.79 Å². The molecule has 1 fully saturated rings. The van der Waals surface area contributed by atoms with E-state index in [1.54, 1.807) is 0 Å². The lowest BCUT2D eigenvalue weighted by atomic mass is 10.1. The second-order valence-corrected chi connectivity index (χ2v) is 5.47. The summed E-state index contributed by atoms with van der Waals surface area (Å²) in [6, 6.07) is 4.16. The average molecular weight is 294 g/mol. The number of anilines is 1. The molecular formula is C14H16BrNO. The number of nitrogens with zero attached hydrogens (tertiary/aromatic N) is 1. The number of hydrogen-bond acceptors (Lipinski definition) is 1. The monoisotopic (exact) mass is 293 g/mol. The summed E-state index contributed by atoms with van der Waals surface area (Å²) in [7, 11) is 0. The predicted molar refractivity (Wildman–Crippen MR) is 74.3 cm³/mol. The van der Waals surface area contributed by atoms with Crippen molar-refractivity contribution in [1.82, 2.24) is 0 Å². The topological polar surface area (TPSA) is 20.3 Å². The van der Waals surface area contributed by atoms with Gasteiger partial charge in [0.1, 0.15) is 0 Å². The van der Waals surface area contributed by atoms with E-state index in [2.05, 4.69) is 41.6 Å². The second-order valence-electron chi connectivity index (χ2n) is 4.62. The zero-order valence-corrected chi connectivity index (χ0v) is 11.8. The molecule has 0 saturated carbocycles. The van der Waals surface area contributed by atoms with E-state index in [0.717, 1.165) is 22.3 Å². The molecule has 0 aromatic heterocycles. The lowest BCUT2D eigenvalue weighted by Crippen LogP contribution is -2.25. The molecule has 0 N–H and O–H groups in total. The summed E-state index contributed by atoms with van der Waals surface area (Å²) in [5, 5.41) is 0. The van der Waals surface area contributed by atoms with Crippen molar-refractivity contribution in [2.24, 2.45) is 5.92 Å². The van der Waals surface area contributed by atoms with E-state index in [-0.39, 0.29) is 11.8 Å². The van der Waals surface area contributed by atoms with Crippen LogP contribution >= 0.6 is 15.9 Å². The third-order valence-electron chi connectivity index (χ3n) is 3.16. The predicted octanol–water partition coefficient (Wildman–Crippen LogP) is 3.60. The minimum Gasteiger partial charge on any atom is -0.310 e. The van der Waals surface area contributed by atoms with Crippen LogP contribution in [0.1, 0.15) is 17.5 Å². The molecule has 2 rings (SSSR count). The highest BCUT2D eigenvalue weighted by molar-refractivity contribution is 9.10. The number of halogens is 1. The highest BCUT2D eigenvalue weighted by atomic mass is 79.9. The molecule has 1 aromatic carbocycles. The molecule has 1 aliphatic rings. The van der Waals surface area contributed by atoms with Crippen molar-refractivity contribution in [3.63, 3.8) is 0 Å². The molecule has 1 saturated heterocycles. The summed E-state index contributed by atoms with van der Waals surface area (Å²) in [5.41, 5.74) is 3.34. The number of hydrogen-bond donors (Lipinski definition) is 0. The van der Waals surface area contributed by atoms with Gasteiger partial charge < -0.3 is 4.90 Å². The quantitative estimate of drug-likeness (QED) is 0.763. The number of benzene rings is 1. The first-order valence-corrected chi connectivity index (χ1v) is 6.52. The van der Waals surface area contributed by atoms with Gasteiger partial charge in [0.15, 0.2) is 0 Å². The van der Waals surface area contributed by atoms with Gasteiger partial charge in [-0.3, -0.25) is 4.79 Å². The standard InChI is InChI=1S/C14H16BrNO/c1-4-11-7-13(17)16(8-11)14-10(3)5-9(2)6-12(14)15/h4-6,11H,1,7-8H2,2-3H3. The van der Waals surface area contributed by atoms with Gasteiger partial charge in [0, 0.05) is 23.4 Å². The Morgan fingerprint density at radius 2 is 2.18 bits per heavy atom. The van der Waals surface area contributed by atoms with Crippen LogP contribution in [0.25, 0.3) is 0 Å². The number of aryl methyl sites for hydroxylation is 2. The van der Waals surface area contributed by atoms with Gasteiger partial charge >= 0.3 is 0 Å². The van der Waals surface area contributed by atoms with Crippen LogP contribution in [0, 0.1) is 19.8 Å². The Morgan fingerprint density at radius 1 is 1.47 bits per heavy atom. The Labute approximate surface area is 110 Å². The summed E-state index contributed by atoms with van der Waals surface area (Å²) in [6.07, 6.45) is 2.44. The Kier molecular flexibility index (Phi) is 3.38. The first kappa shape index (κ1) is 12.4. The summed E-state index contributed by atoms with van der Waals surface area (Å²) in [6.45, 7) is 8.61. The molecule has 0 bridgehead atoms. The molecule has 1 aliphatic heterocycles. The van der Waals surface area contributed by atoms with Crippen molar-refractivity contribution in [2.45, 2.75) is 20.3 Å². The second kappa shape index (κ2) is 4.65. The number of carbonyl (C=O) groups is 1. The van der Waals surface area contributed by atoms with Crippen molar-refractivity contribution in [3.05, 3.63) is 40.4 Å². The molecule has 0 aliphatic carbocycles. The summed E-state index contributed by atoms with van der Waals surface area (Å²) < 4.78 is 0.994. The number of rotatable bonds is 2. The van der Waals surface area contributed by atoms with Gasteiger partial charge in [-0.25, -0.2) is 0 Å². The Bertz CT molecular complexity index is 458. The van der Waals surface area contributed by atoms with Crippen molar-refractivity contribution in [1.29, 1.82) is 0 Å². The molecular weight excluding hydrogens is 278 g/mol. The van der Waals surface area contributed by atoms with Crippen molar-refractivity contribution >= 4 is 27.5 Å². The highest BCUT2D eigenvalue weighted by Crippen LogP contribution is 2.35. The Balaban J connectivity index is 2.41. The van der Waals surface area contributed by atoms with Crippen LogP contribution in [-0.4, -0.2) is 12.5 Å². The molecule has 90 valence electrons. The smallest absolute Gasteiger partial charge is 0.227 e. The Hall–Kier alpha value is -1.09. The van der Waals surface area contributed by atoms with Crippen LogP contribution in [-0.2, 0) is 4.79 Å². The first-order chi connectivity index (χ1) is 8.02. The first-order valence-electron chi connectivity index (χ1n) is 5.72. The minimum atomic E-state index is 0.183. The van der Waals surface area contributed by atoms with E-state index in [4.69, 9.17) is 0 Å². The fraction of sp³-hybridized carbons (Fsp3) is 0.357. The van der Waals surface area contributed by atoms with Gasteiger partial charge in [0.2, 0.25) is 5.91 Å². The third kappa shape index (κ3) is 2.29. The molecule has 1 unspecified atom stereocenters. The van der Waals surface area contributed by atoms with Crippen LogP contribution in [0.2, 0.25) is 0 Å². The highest BCUT2D eigenvalue weighted by Gasteiger charge is 2.30. The molecule has 0 spiro atoms. The lowest BCUT2D eigenvalue weighted by Gasteiger charge is -2.21. The average Bonchev–Trinajstić information content (AvgIpc) is 2.59. The van der Waals surface area contributed by atoms with Gasteiger partial charge in [0.25, 0.3) is 0 Å². The van der Waals surface area contributed by atoms with Crippen LogP contribution in [0.3, 0.4) is 0 Å². The van der Waals surface area contributed by atoms with Gasteiger partial charge in [-0.2, -0.15) is 0 Å². The van der Waals surface area contributed by atoms with Gasteiger partial charge in [-0.15, -0.1) is 6.58 Å². The molecule has 1 heterocycles. The Morgan fingerprint density at radius 3 is 2.71 bits per heavy atom. The lowest BCUT2D eigenvalue weighted by molar-refractivity contribution is -0.117. The number of carbonyl (C=O) groups excluding carboxylic acids is 1. The van der Waals surface area contributed by atoms with Gasteiger partial charge in [-0.05, 0) is 47.0 Å². The molecule has 0 radical (unpaired) electrons. The van der Waals surface area contributed by atoms with Crippen LogP contribution in [0.5, 0.6) is 0 Å². The molecule has 17 heavy (non-hydrogen) atoms. The summed E-state index contributed by atoms with van der Waals surface area (Å²) in [5.74, 6) is 0.456. The van der Waals surface area contributed by atoms with Crippen LogP contribution in [0.15, 0.2) is 29.3 Å². The fourth-order valence-electron chi connectivity index (χ4n) is 2.36. The van der Waals surface area contributed by atoms with E-state index in [0.29, 0.717) is 6.42 Å². The molecule has 1 amide bonds. The fourth-order valence-corrected chi connectivity index (χ4v) is 3.25. The molecule has 3 heteroatoms. The molecule has 1 aromatic rings. The maximum Gasteiger partial charge on any atom is 0.227 e. The van der Waals surface area contributed by atoms with E-state index < -0.39 is 0 Å². The van der Waals surface area contributed by atoms with E-state index >= 15 is 0 Å². The summed E-state index contributed by atoms with van der Waals surface area (Å²) in [4.78, 5) is 13.9.